The van der Waals surface area contributed by atoms with Crippen LogP contribution in [-0.4, -0.2) is 30.6 Å². The molecule has 86 valence electrons. The van der Waals surface area contributed by atoms with Gasteiger partial charge in [-0.25, -0.2) is 0 Å². The zero-order chi connectivity index (χ0) is 11.2. The molecular formula is C9H17F3O2. The van der Waals surface area contributed by atoms with Crippen molar-refractivity contribution in [1.29, 1.82) is 0 Å². The van der Waals surface area contributed by atoms with Gasteiger partial charge in [-0.3, -0.25) is 0 Å². The zero-order valence-corrected chi connectivity index (χ0v) is 8.47. The molecule has 2 atom stereocenters. The SMILES string of the molecule is CCC(C)CC(O)COCC(F)(F)F. The predicted octanol–water partition coefficient (Wildman–Crippen LogP) is 2.36. The highest BCUT2D eigenvalue weighted by molar-refractivity contribution is 4.60. The van der Waals surface area contributed by atoms with Crippen LogP contribution < -0.4 is 0 Å². The number of hydrogen-bond acceptors (Lipinski definition) is 2. The lowest BCUT2D eigenvalue weighted by Gasteiger charge is -2.15. The summed E-state index contributed by atoms with van der Waals surface area (Å²) in [4.78, 5) is 0. The standard InChI is InChI=1S/C9H17F3O2/c1-3-7(2)4-8(13)5-14-6-9(10,11)12/h7-8,13H,3-6H2,1-2H3. The topological polar surface area (TPSA) is 29.5 Å². The Kier molecular flexibility index (Phi) is 6.11. The van der Waals surface area contributed by atoms with Crippen LogP contribution in [0.5, 0.6) is 0 Å². The van der Waals surface area contributed by atoms with Crippen LogP contribution in [0.25, 0.3) is 0 Å². The Morgan fingerprint density at radius 2 is 1.93 bits per heavy atom. The number of halogens is 3. The largest absolute Gasteiger partial charge is 0.411 e. The van der Waals surface area contributed by atoms with E-state index in [1.54, 1.807) is 0 Å². The highest BCUT2D eigenvalue weighted by Gasteiger charge is 2.27. The molecule has 5 heteroatoms. The molecular weight excluding hydrogens is 197 g/mol. The van der Waals surface area contributed by atoms with Gasteiger partial charge in [0.1, 0.15) is 6.61 Å². The molecule has 2 unspecified atom stereocenters. The normalized spacial score (nSPS) is 16.7. The van der Waals surface area contributed by atoms with E-state index in [2.05, 4.69) is 4.74 Å². The Hall–Kier alpha value is -0.290. The average Bonchev–Trinajstić information content (AvgIpc) is 2.01. The Labute approximate surface area is 82.1 Å². The highest BCUT2D eigenvalue weighted by atomic mass is 19.4. The number of rotatable bonds is 6. The fourth-order valence-corrected chi connectivity index (χ4v) is 1.01. The maximum atomic E-state index is 11.6. The Morgan fingerprint density at radius 3 is 2.36 bits per heavy atom. The number of aliphatic hydroxyl groups is 1. The highest BCUT2D eigenvalue weighted by Crippen LogP contribution is 2.15. The van der Waals surface area contributed by atoms with Crippen molar-refractivity contribution in [2.24, 2.45) is 5.92 Å². The van der Waals surface area contributed by atoms with Crippen molar-refractivity contribution < 1.29 is 23.0 Å². The molecule has 0 saturated heterocycles. The second-order valence-electron chi connectivity index (χ2n) is 3.53. The van der Waals surface area contributed by atoms with Gasteiger partial charge in [-0.1, -0.05) is 20.3 Å². The minimum Gasteiger partial charge on any atom is -0.391 e. The molecule has 14 heavy (non-hydrogen) atoms. The predicted molar refractivity (Wildman–Crippen MR) is 47.0 cm³/mol. The van der Waals surface area contributed by atoms with Crippen LogP contribution >= 0.6 is 0 Å². The van der Waals surface area contributed by atoms with Gasteiger partial charge in [0.25, 0.3) is 0 Å². The fraction of sp³-hybridized carbons (Fsp3) is 1.00. The molecule has 0 fully saturated rings. The Balaban J connectivity index is 3.49. The summed E-state index contributed by atoms with van der Waals surface area (Å²) in [6.45, 7) is 2.37. The monoisotopic (exact) mass is 214 g/mol. The molecule has 0 aliphatic rings. The molecule has 0 aromatic carbocycles. The number of alkyl halides is 3. The molecule has 2 nitrogen and oxygen atoms in total. The quantitative estimate of drug-likeness (QED) is 0.735. The third kappa shape index (κ3) is 8.31. The van der Waals surface area contributed by atoms with Crippen LogP contribution in [0.3, 0.4) is 0 Å². The molecule has 0 rings (SSSR count). The molecule has 0 radical (unpaired) electrons. The molecule has 0 heterocycles. The summed E-state index contributed by atoms with van der Waals surface area (Å²) < 4.78 is 39.2. The van der Waals surface area contributed by atoms with Gasteiger partial charge < -0.3 is 9.84 Å². The van der Waals surface area contributed by atoms with E-state index in [1.165, 1.54) is 0 Å². The lowest BCUT2D eigenvalue weighted by atomic mass is 10.0. The van der Waals surface area contributed by atoms with Crippen molar-refractivity contribution in [1.82, 2.24) is 0 Å². The number of ether oxygens (including phenoxy) is 1. The van der Waals surface area contributed by atoms with Gasteiger partial charge in [0, 0.05) is 0 Å². The molecule has 0 aliphatic carbocycles. The van der Waals surface area contributed by atoms with Gasteiger partial charge in [-0.2, -0.15) is 13.2 Å². The molecule has 0 saturated carbocycles. The van der Waals surface area contributed by atoms with Gasteiger partial charge in [0.15, 0.2) is 0 Å². The summed E-state index contributed by atoms with van der Waals surface area (Å²) in [7, 11) is 0. The van der Waals surface area contributed by atoms with E-state index in [1.807, 2.05) is 13.8 Å². The summed E-state index contributed by atoms with van der Waals surface area (Å²) in [5.74, 6) is 0.305. The van der Waals surface area contributed by atoms with Crippen LogP contribution in [-0.2, 0) is 4.74 Å². The van der Waals surface area contributed by atoms with E-state index < -0.39 is 18.9 Å². The van der Waals surface area contributed by atoms with Gasteiger partial charge in [-0.15, -0.1) is 0 Å². The maximum absolute atomic E-state index is 11.6. The third-order valence-electron chi connectivity index (χ3n) is 1.95. The first kappa shape index (κ1) is 13.7. The summed E-state index contributed by atoms with van der Waals surface area (Å²) in [6, 6.07) is 0. The first-order valence-corrected chi connectivity index (χ1v) is 4.67. The van der Waals surface area contributed by atoms with Crippen LogP contribution in [0.15, 0.2) is 0 Å². The number of hydrogen-bond donors (Lipinski definition) is 1. The van der Waals surface area contributed by atoms with Gasteiger partial charge in [0.2, 0.25) is 0 Å². The van der Waals surface area contributed by atoms with Crippen LogP contribution in [0.4, 0.5) is 13.2 Å². The van der Waals surface area contributed by atoms with Crippen molar-refractivity contribution in [3.05, 3.63) is 0 Å². The molecule has 0 spiro atoms. The van der Waals surface area contributed by atoms with Gasteiger partial charge in [-0.05, 0) is 12.3 Å². The Morgan fingerprint density at radius 1 is 1.36 bits per heavy atom. The minimum absolute atomic E-state index is 0.246. The van der Waals surface area contributed by atoms with E-state index in [0.29, 0.717) is 12.3 Å². The summed E-state index contributed by atoms with van der Waals surface area (Å²) in [5.41, 5.74) is 0. The van der Waals surface area contributed by atoms with E-state index in [9.17, 15) is 18.3 Å². The van der Waals surface area contributed by atoms with Crippen molar-refractivity contribution in [2.45, 2.75) is 39.0 Å². The average molecular weight is 214 g/mol. The molecule has 0 amide bonds. The lowest BCUT2D eigenvalue weighted by Crippen LogP contribution is -2.24. The second-order valence-corrected chi connectivity index (χ2v) is 3.53. The maximum Gasteiger partial charge on any atom is 0.411 e. The first-order chi connectivity index (χ1) is 6.35. The molecule has 0 aromatic heterocycles. The molecule has 0 bridgehead atoms. The smallest absolute Gasteiger partial charge is 0.391 e. The minimum atomic E-state index is -4.31. The van der Waals surface area contributed by atoms with Crippen LogP contribution in [0, 0.1) is 5.92 Å². The molecule has 0 aliphatic heterocycles. The van der Waals surface area contributed by atoms with E-state index in [4.69, 9.17) is 0 Å². The fourth-order valence-electron chi connectivity index (χ4n) is 1.01. The van der Waals surface area contributed by atoms with E-state index in [0.717, 1.165) is 6.42 Å². The summed E-state index contributed by atoms with van der Waals surface area (Å²) >= 11 is 0. The second kappa shape index (κ2) is 6.24. The first-order valence-electron chi connectivity index (χ1n) is 4.67. The van der Waals surface area contributed by atoms with Gasteiger partial charge in [0.05, 0.1) is 12.7 Å². The summed E-state index contributed by atoms with van der Waals surface area (Å²) in [5, 5.41) is 9.26. The van der Waals surface area contributed by atoms with Crippen molar-refractivity contribution >= 4 is 0 Å². The van der Waals surface area contributed by atoms with Crippen LogP contribution in [0.1, 0.15) is 26.7 Å². The molecule has 0 aromatic rings. The third-order valence-corrected chi connectivity index (χ3v) is 1.95. The zero-order valence-electron chi connectivity index (χ0n) is 8.47. The van der Waals surface area contributed by atoms with Gasteiger partial charge >= 0.3 is 6.18 Å². The van der Waals surface area contributed by atoms with Crippen LogP contribution in [0.2, 0.25) is 0 Å². The summed E-state index contributed by atoms with van der Waals surface area (Å²) in [6.07, 6.45) is -3.73. The number of aliphatic hydroxyl groups excluding tert-OH is 1. The van der Waals surface area contributed by atoms with E-state index >= 15 is 0 Å². The lowest BCUT2D eigenvalue weighted by molar-refractivity contribution is -0.179. The van der Waals surface area contributed by atoms with Crippen molar-refractivity contribution in [3.8, 4) is 0 Å². The van der Waals surface area contributed by atoms with E-state index in [-0.39, 0.29) is 6.61 Å². The van der Waals surface area contributed by atoms with Crippen molar-refractivity contribution in [3.63, 3.8) is 0 Å². The molecule has 1 N–H and O–H groups in total. The van der Waals surface area contributed by atoms with Crippen molar-refractivity contribution in [2.75, 3.05) is 13.2 Å². The Bertz CT molecular complexity index is 147.